The number of nitrogens with one attached hydrogen (secondary N) is 1. The number of carbonyl (C=O) groups is 1. The zero-order chi connectivity index (χ0) is 20.6. The van der Waals surface area contributed by atoms with Crippen molar-refractivity contribution in [3.8, 4) is 11.8 Å². The van der Waals surface area contributed by atoms with Gasteiger partial charge in [-0.3, -0.25) is 4.79 Å². The molecule has 0 radical (unpaired) electrons. The van der Waals surface area contributed by atoms with E-state index in [1.807, 2.05) is 61.5 Å². The molecule has 1 atom stereocenters. The van der Waals surface area contributed by atoms with E-state index in [0.717, 1.165) is 24.3 Å². The number of ether oxygens (including phenoxy) is 1. The van der Waals surface area contributed by atoms with Gasteiger partial charge in [0, 0.05) is 30.4 Å². The molecule has 1 heterocycles. The van der Waals surface area contributed by atoms with Gasteiger partial charge in [0.2, 0.25) is 0 Å². The molecule has 0 unspecified atom stereocenters. The van der Waals surface area contributed by atoms with Gasteiger partial charge in [0.25, 0.3) is 5.91 Å². The zero-order valence-electron chi connectivity index (χ0n) is 17.0. The molecule has 0 aromatic heterocycles. The Morgan fingerprint density at radius 3 is 2.55 bits per heavy atom. The molecule has 1 aliphatic heterocycles. The predicted octanol–water partition coefficient (Wildman–Crippen LogP) is 4.47. The second kappa shape index (κ2) is 9.79. The summed E-state index contributed by atoms with van der Waals surface area (Å²) in [4.78, 5) is 15.0. The molecule has 5 heteroatoms. The normalized spacial score (nSPS) is 15.3. The summed E-state index contributed by atoms with van der Waals surface area (Å²) in [5.74, 6) is 0.260. The molecule has 1 N–H and O–H groups in total. The van der Waals surface area contributed by atoms with E-state index in [0.29, 0.717) is 11.3 Å². The highest BCUT2D eigenvalue weighted by molar-refractivity contribution is 6.02. The van der Waals surface area contributed by atoms with E-state index in [-0.39, 0.29) is 11.6 Å². The van der Waals surface area contributed by atoms with Crippen molar-refractivity contribution in [3.63, 3.8) is 0 Å². The highest BCUT2D eigenvalue weighted by Gasteiger charge is 2.16. The minimum atomic E-state index is -0.397. The van der Waals surface area contributed by atoms with E-state index >= 15 is 0 Å². The molecule has 0 saturated carbocycles. The van der Waals surface area contributed by atoms with Crippen molar-refractivity contribution in [2.75, 3.05) is 25.1 Å². The van der Waals surface area contributed by atoms with E-state index < -0.39 is 5.91 Å². The lowest BCUT2D eigenvalue weighted by Crippen LogP contribution is -2.29. The fourth-order valence-electron chi connectivity index (χ4n) is 3.57. The van der Waals surface area contributed by atoms with Crippen LogP contribution < -0.4 is 15.0 Å². The summed E-state index contributed by atoms with van der Waals surface area (Å²) >= 11 is 0. The van der Waals surface area contributed by atoms with Gasteiger partial charge in [-0.05, 0) is 50.0 Å². The molecule has 150 valence electrons. The van der Waals surface area contributed by atoms with Crippen LogP contribution in [0.2, 0.25) is 0 Å². The molecule has 1 saturated heterocycles. The van der Waals surface area contributed by atoms with Crippen LogP contribution in [0.1, 0.15) is 43.4 Å². The first kappa shape index (κ1) is 20.5. The number of piperidine rings is 1. The SMILES string of the molecule is COc1cc(N2CCCCC2)ccc1/C=C(/C#N)C(=O)N[C@@H](C)c1ccccc1. The average molecular weight is 389 g/mol. The number of nitrogens with zero attached hydrogens (tertiary/aromatic N) is 2. The maximum atomic E-state index is 12.6. The van der Waals surface area contributed by atoms with E-state index in [2.05, 4.69) is 10.2 Å². The smallest absolute Gasteiger partial charge is 0.262 e. The Kier molecular flexibility index (Phi) is 6.91. The fraction of sp³-hybridized carbons (Fsp3) is 0.333. The summed E-state index contributed by atoms with van der Waals surface area (Å²) in [6.07, 6.45) is 5.26. The summed E-state index contributed by atoms with van der Waals surface area (Å²) in [5.41, 5.74) is 2.87. The number of benzene rings is 2. The van der Waals surface area contributed by atoms with Crippen molar-refractivity contribution in [2.45, 2.75) is 32.2 Å². The minimum Gasteiger partial charge on any atom is -0.496 e. The van der Waals surface area contributed by atoms with Gasteiger partial charge in [-0.1, -0.05) is 30.3 Å². The molecule has 0 aliphatic carbocycles. The molecular formula is C24H27N3O2. The Morgan fingerprint density at radius 2 is 1.90 bits per heavy atom. The topological polar surface area (TPSA) is 65.4 Å². The summed E-state index contributed by atoms with van der Waals surface area (Å²) in [5, 5.41) is 12.4. The standard InChI is InChI=1S/C24H27N3O2/c1-18(19-9-5-3-6-10-19)26-24(28)21(17-25)15-20-11-12-22(16-23(20)29-2)27-13-7-4-8-14-27/h3,5-6,9-12,15-16,18H,4,7-8,13-14H2,1-2H3,(H,26,28)/b21-15-/t18-/m0/s1. The highest BCUT2D eigenvalue weighted by Crippen LogP contribution is 2.29. The third kappa shape index (κ3) is 5.17. The van der Waals surface area contributed by atoms with Crippen LogP contribution in [0, 0.1) is 11.3 Å². The van der Waals surface area contributed by atoms with Crippen LogP contribution >= 0.6 is 0 Å². The molecule has 2 aromatic carbocycles. The van der Waals surface area contributed by atoms with Gasteiger partial charge in [-0.25, -0.2) is 0 Å². The lowest BCUT2D eigenvalue weighted by molar-refractivity contribution is -0.117. The lowest BCUT2D eigenvalue weighted by Gasteiger charge is -2.29. The number of methoxy groups -OCH3 is 1. The third-order valence-corrected chi connectivity index (χ3v) is 5.25. The number of nitriles is 1. The van der Waals surface area contributed by atoms with Crippen molar-refractivity contribution in [1.29, 1.82) is 5.26 Å². The van der Waals surface area contributed by atoms with Gasteiger partial charge in [-0.2, -0.15) is 5.26 Å². The van der Waals surface area contributed by atoms with Crippen molar-refractivity contribution >= 4 is 17.7 Å². The third-order valence-electron chi connectivity index (χ3n) is 5.25. The van der Waals surface area contributed by atoms with Crippen molar-refractivity contribution in [3.05, 3.63) is 65.2 Å². The van der Waals surface area contributed by atoms with Crippen molar-refractivity contribution in [1.82, 2.24) is 5.32 Å². The molecule has 1 aliphatic rings. The molecule has 3 rings (SSSR count). The second-order valence-electron chi connectivity index (χ2n) is 7.25. The van der Waals surface area contributed by atoms with Gasteiger partial charge in [0.1, 0.15) is 17.4 Å². The maximum absolute atomic E-state index is 12.6. The Hall–Kier alpha value is -3.26. The van der Waals surface area contributed by atoms with Crippen LogP contribution in [0.3, 0.4) is 0 Å². The molecule has 2 aromatic rings. The van der Waals surface area contributed by atoms with Crippen molar-refractivity contribution in [2.24, 2.45) is 0 Å². The molecular weight excluding hydrogens is 362 g/mol. The summed E-state index contributed by atoms with van der Waals surface area (Å²) in [6, 6.07) is 17.4. The number of anilines is 1. The molecule has 0 spiro atoms. The van der Waals surface area contributed by atoms with Crippen LogP contribution in [0.15, 0.2) is 54.1 Å². The Balaban J connectivity index is 1.78. The Morgan fingerprint density at radius 1 is 1.17 bits per heavy atom. The van der Waals surface area contributed by atoms with Crippen molar-refractivity contribution < 1.29 is 9.53 Å². The van der Waals surface area contributed by atoms with Crippen LogP contribution in [0.5, 0.6) is 5.75 Å². The highest BCUT2D eigenvalue weighted by atomic mass is 16.5. The van der Waals surface area contributed by atoms with Crippen LogP contribution in [-0.2, 0) is 4.79 Å². The maximum Gasteiger partial charge on any atom is 0.262 e. The van der Waals surface area contributed by atoms with Gasteiger partial charge in [-0.15, -0.1) is 0 Å². The fourth-order valence-corrected chi connectivity index (χ4v) is 3.57. The van der Waals surface area contributed by atoms with Gasteiger partial charge in [0.05, 0.1) is 13.2 Å². The predicted molar refractivity (Wildman–Crippen MR) is 116 cm³/mol. The number of hydrogen-bond donors (Lipinski definition) is 1. The van der Waals surface area contributed by atoms with E-state index in [4.69, 9.17) is 4.74 Å². The number of amides is 1. The molecule has 1 fully saturated rings. The Labute approximate surface area is 172 Å². The quantitative estimate of drug-likeness (QED) is 0.585. The van der Waals surface area contributed by atoms with Crippen LogP contribution in [0.4, 0.5) is 5.69 Å². The number of hydrogen-bond acceptors (Lipinski definition) is 4. The second-order valence-corrected chi connectivity index (χ2v) is 7.25. The number of rotatable bonds is 6. The van der Waals surface area contributed by atoms with Gasteiger partial charge < -0.3 is 15.0 Å². The molecule has 1 amide bonds. The zero-order valence-corrected chi connectivity index (χ0v) is 17.0. The first-order valence-corrected chi connectivity index (χ1v) is 10.0. The monoisotopic (exact) mass is 389 g/mol. The number of carbonyl (C=O) groups excluding carboxylic acids is 1. The van der Waals surface area contributed by atoms with E-state index in [1.165, 1.54) is 19.3 Å². The van der Waals surface area contributed by atoms with Gasteiger partial charge >= 0.3 is 0 Å². The van der Waals surface area contributed by atoms with Crippen LogP contribution in [-0.4, -0.2) is 26.1 Å². The lowest BCUT2D eigenvalue weighted by atomic mass is 10.1. The summed E-state index contributed by atoms with van der Waals surface area (Å²) in [6.45, 7) is 3.99. The summed E-state index contributed by atoms with van der Waals surface area (Å²) < 4.78 is 5.54. The average Bonchev–Trinajstić information content (AvgIpc) is 2.78. The Bertz CT molecular complexity index is 909. The van der Waals surface area contributed by atoms with Crippen LogP contribution in [0.25, 0.3) is 6.08 Å². The summed E-state index contributed by atoms with van der Waals surface area (Å²) in [7, 11) is 1.61. The molecule has 0 bridgehead atoms. The largest absolute Gasteiger partial charge is 0.496 e. The first-order valence-electron chi connectivity index (χ1n) is 10.0. The minimum absolute atomic E-state index is 0.0526. The molecule has 29 heavy (non-hydrogen) atoms. The van der Waals surface area contributed by atoms with Gasteiger partial charge in [0.15, 0.2) is 0 Å². The first-order chi connectivity index (χ1) is 14.1. The molecule has 5 nitrogen and oxygen atoms in total. The van der Waals surface area contributed by atoms with E-state index in [1.54, 1.807) is 13.2 Å². The van der Waals surface area contributed by atoms with E-state index in [9.17, 15) is 10.1 Å².